The summed E-state index contributed by atoms with van der Waals surface area (Å²) >= 11 is 0. The van der Waals surface area contributed by atoms with Crippen molar-refractivity contribution in [2.24, 2.45) is 10.9 Å². The molecule has 6 nitrogen and oxygen atoms in total. The zero-order valence-electron chi connectivity index (χ0n) is 12.6. The van der Waals surface area contributed by atoms with Gasteiger partial charge >= 0.3 is 0 Å². The monoisotopic (exact) mass is 297 g/mol. The van der Waals surface area contributed by atoms with E-state index in [2.05, 4.69) is 10.5 Å². The van der Waals surface area contributed by atoms with E-state index in [9.17, 15) is 4.79 Å². The summed E-state index contributed by atoms with van der Waals surface area (Å²) in [5.74, 6) is 0.105. The van der Waals surface area contributed by atoms with Crippen LogP contribution in [0.2, 0.25) is 0 Å². The summed E-state index contributed by atoms with van der Waals surface area (Å²) in [5, 5.41) is 15.3. The molecule has 1 saturated heterocycles. The van der Waals surface area contributed by atoms with Gasteiger partial charge in [-0.3, -0.25) is 4.79 Å². The van der Waals surface area contributed by atoms with Crippen LogP contribution in [-0.2, 0) is 9.53 Å². The molecule has 6 heteroatoms. The van der Waals surface area contributed by atoms with E-state index in [1.807, 2.05) is 0 Å². The molecular formula is C15H27N3O3. The van der Waals surface area contributed by atoms with Crippen molar-refractivity contribution in [1.82, 2.24) is 5.32 Å². The van der Waals surface area contributed by atoms with Crippen LogP contribution in [0.15, 0.2) is 5.16 Å². The lowest BCUT2D eigenvalue weighted by Crippen LogP contribution is -2.57. The first kappa shape index (κ1) is 16.1. The lowest BCUT2D eigenvalue weighted by Gasteiger charge is -2.32. The van der Waals surface area contributed by atoms with Gasteiger partial charge in [0.1, 0.15) is 5.54 Å². The number of carbonyl (C=O) groups is 1. The van der Waals surface area contributed by atoms with Crippen LogP contribution in [0.1, 0.15) is 64.2 Å². The normalized spacial score (nSPS) is 26.3. The third-order valence-electron chi connectivity index (χ3n) is 4.65. The van der Waals surface area contributed by atoms with Crippen LogP contribution in [0.4, 0.5) is 0 Å². The third kappa shape index (κ3) is 4.33. The molecule has 21 heavy (non-hydrogen) atoms. The summed E-state index contributed by atoms with van der Waals surface area (Å²) < 4.78 is 5.54. The molecule has 1 amide bonds. The second kappa shape index (κ2) is 7.64. The minimum absolute atomic E-state index is 0.0287. The molecular weight excluding hydrogens is 270 g/mol. The lowest BCUT2D eigenvalue weighted by molar-refractivity contribution is -0.123. The van der Waals surface area contributed by atoms with Gasteiger partial charge in [0.05, 0.1) is 6.10 Å². The van der Waals surface area contributed by atoms with Crippen molar-refractivity contribution in [2.45, 2.75) is 75.9 Å². The minimum Gasteiger partial charge on any atom is -0.409 e. The van der Waals surface area contributed by atoms with E-state index < -0.39 is 5.54 Å². The van der Waals surface area contributed by atoms with Crippen LogP contribution in [0.5, 0.6) is 0 Å². The van der Waals surface area contributed by atoms with E-state index in [0.29, 0.717) is 6.42 Å². The standard InChI is InChI=1S/C15H27N3O3/c16-14(18-20)15(9-3-1-2-4-10-15)17-13(19)8-7-12-6-5-11-21-12/h12,20H,1-11H2,(H2,16,18)(H,17,19). The van der Waals surface area contributed by atoms with Crippen molar-refractivity contribution in [3.05, 3.63) is 0 Å². The number of ether oxygens (including phenoxy) is 1. The van der Waals surface area contributed by atoms with Crippen molar-refractivity contribution in [3.8, 4) is 0 Å². The molecule has 1 unspecified atom stereocenters. The molecule has 4 N–H and O–H groups in total. The summed E-state index contributed by atoms with van der Waals surface area (Å²) in [6.45, 7) is 0.806. The molecule has 2 rings (SSSR count). The average Bonchev–Trinajstić information content (AvgIpc) is 2.90. The summed E-state index contributed by atoms with van der Waals surface area (Å²) in [7, 11) is 0. The highest BCUT2D eigenvalue weighted by Crippen LogP contribution is 2.28. The highest BCUT2D eigenvalue weighted by molar-refractivity contribution is 5.93. The van der Waals surface area contributed by atoms with Crippen molar-refractivity contribution in [3.63, 3.8) is 0 Å². The van der Waals surface area contributed by atoms with Gasteiger partial charge in [0, 0.05) is 13.0 Å². The fourth-order valence-corrected chi connectivity index (χ4v) is 3.37. The molecule has 1 saturated carbocycles. The maximum Gasteiger partial charge on any atom is 0.220 e. The predicted octanol–water partition coefficient (Wildman–Crippen LogP) is 1.90. The molecule has 0 aromatic heterocycles. The molecule has 120 valence electrons. The molecule has 2 fully saturated rings. The van der Waals surface area contributed by atoms with E-state index in [1.54, 1.807) is 0 Å². The maximum atomic E-state index is 12.2. The Morgan fingerprint density at radius 3 is 2.57 bits per heavy atom. The smallest absolute Gasteiger partial charge is 0.220 e. The van der Waals surface area contributed by atoms with Gasteiger partial charge in [-0.15, -0.1) is 0 Å². The topological polar surface area (TPSA) is 96.9 Å². The maximum absolute atomic E-state index is 12.2. The second-order valence-electron chi connectivity index (χ2n) is 6.20. The van der Waals surface area contributed by atoms with Crippen LogP contribution >= 0.6 is 0 Å². The van der Waals surface area contributed by atoms with Crippen molar-refractivity contribution in [2.75, 3.05) is 6.61 Å². The third-order valence-corrected chi connectivity index (χ3v) is 4.65. The van der Waals surface area contributed by atoms with Crippen molar-refractivity contribution >= 4 is 11.7 Å². The number of carbonyl (C=O) groups excluding carboxylic acids is 1. The summed E-state index contributed by atoms with van der Waals surface area (Å²) in [4.78, 5) is 12.2. The fraction of sp³-hybridized carbons (Fsp3) is 0.867. The van der Waals surface area contributed by atoms with E-state index in [0.717, 1.165) is 64.4 Å². The molecule has 0 bridgehead atoms. The van der Waals surface area contributed by atoms with Gasteiger partial charge in [-0.2, -0.15) is 0 Å². The molecule has 1 aliphatic heterocycles. The Morgan fingerprint density at radius 1 is 1.29 bits per heavy atom. The number of amides is 1. The van der Waals surface area contributed by atoms with Crippen molar-refractivity contribution in [1.29, 1.82) is 0 Å². The number of oxime groups is 1. The molecule has 1 heterocycles. The molecule has 0 aromatic carbocycles. The van der Waals surface area contributed by atoms with E-state index in [-0.39, 0.29) is 17.8 Å². The Morgan fingerprint density at radius 2 is 2.00 bits per heavy atom. The first-order valence-electron chi connectivity index (χ1n) is 8.07. The molecule has 0 radical (unpaired) electrons. The van der Waals surface area contributed by atoms with E-state index >= 15 is 0 Å². The number of amidine groups is 1. The average molecular weight is 297 g/mol. The van der Waals surface area contributed by atoms with E-state index in [1.165, 1.54) is 0 Å². The first-order valence-corrected chi connectivity index (χ1v) is 8.07. The lowest BCUT2D eigenvalue weighted by atomic mass is 9.88. The van der Waals surface area contributed by atoms with Crippen molar-refractivity contribution < 1.29 is 14.7 Å². The van der Waals surface area contributed by atoms with Gasteiger partial charge in [0.25, 0.3) is 0 Å². The highest BCUT2D eigenvalue weighted by atomic mass is 16.5. The predicted molar refractivity (Wildman–Crippen MR) is 80.2 cm³/mol. The number of nitrogens with one attached hydrogen (secondary N) is 1. The summed E-state index contributed by atoms with van der Waals surface area (Å²) in [5.41, 5.74) is 5.21. The largest absolute Gasteiger partial charge is 0.409 e. The van der Waals surface area contributed by atoms with Gasteiger partial charge < -0.3 is 21.0 Å². The zero-order chi connectivity index (χ0) is 15.1. The second-order valence-corrected chi connectivity index (χ2v) is 6.20. The number of hydrogen-bond acceptors (Lipinski definition) is 4. The first-order chi connectivity index (χ1) is 10.2. The van der Waals surface area contributed by atoms with Crippen LogP contribution in [-0.4, -0.2) is 35.2 Å². The summed E-state index contributed by atoms with van der Waals surface area (Å²) in [6.07, 6.45) is 9.25. The molecule has 1 aliphatic carbocycles. The number of nitrogens with zero attached hydrogens (tertiary/aromatic N) is 1. The molecule has 1 atom stereocenters. The Labute approximate surface area is 126 Å². The van der Waals surface area contributed by atoms with Gasteiger partial charge in [0.2, 0.25) is 5.91 Å². The van der Waals surface area contributed by atoms with Crippen LogP contribution in [0.25, 0.3) is 0 Å². The van der Waals surface area contributed by atoms with Gasteiger partial charge in [0.15, 0.2) is 5.84 Å². The zero-order valence-corrected chi connectivity index (χ0v) is 12.6. The number of nitrogens with two attached hydrogens (primary N) is 1. The number of hydrogen-bond donors (Lipinski definition) is 3. The van der Waals surface area contributed by atoms with Gasteiger partial charge in [-0.25, -0.2) is 0 Å². The molecule has 2 aliphatic rings. The quantitative estimate of drug-likeness (QED) is 0.237. The summed E-state index contributed by atoms with van der Waals surface area (Å²) in [6, 6.07) is 0. The van der Waals surface area contributed by atoms with Crippen LogP contribution < -0.4 is 11.1 Å². The SMILES string of the molecule is NC(=NO)C1(NC(=O)CCC2CCCO2)CCCCCC1. The van der Waals surface area contributed by atoms with Gasteiger partial charge in [-0.05, 0) is 32.1 Å². The van der Waals surface area contributed by atoms with Crippen LogP contribution in [0.3, 0.4) is 0 Å². The van der Waals surface area contributed by atoms with E-state index in [4.69, 9.17) is 15.7 Å². The molecule has 0 aromatic rings. The fourth-order valence-electron chi connectivity index (χ4n) is 3.37. The number of rotatable bonds is 5. The van der Waals surface area contributed by atoms with Crippen LogP contribution in [0, 0.1) is 0 Å². The Bertz CT molecular complexity index is 370. The Balaban J connectivity index is 1.92. The molecule has 0 spiro atoms. The Hall–Kier alpha value is -1.30. The minimum atomic E-state index is -0.668. The van der Waals surface area contributed by atoms with Gasteiger partial charge in [-0.1, -0.05) is 30.8 Å². The highest BCUT2D eigenvalue weighted by Gasteiger charge is 2.37. The Kier molecular flexibility index (Phi) is 5.85.